The molecule has 31 heavy (non-hydrogen) atoms. The molecule has 1 aliphatic rings. The lowest BCUT2D eigenvalue weighted by molar-refractivity contribution is 0.337. The van der Waals surface area contributed by atoms with Crippen molar-refractivity contribution in [1.29, 1.82) is 5.26 Å². The Kier molecular flexibility index (Phi) is 5.15. The van der Waals surface area contributed by atoms with Crippen LogP contribution < -0.4 is 11.1 Å². The van der Waals surface area contributed by atoms with Gasteiger partial charge in [-0.15, -0.1) is 0 Å². The molecule has 0 aliphatic carbocycles. The summed E-state index contributed by atoms with van der Waals surface area (Å²) >= 11 is 0. The normalized spacial score (nSPS) is 14.5. The molecular weight excluding hydrogens is 382 g/mol. The number of hydrogen-bond acceptors (Lipinski definition) is 4. The van der Waals surface area contributed by atoms with Gasteiger partial charge in [0.05, 0.1) is 29.0 Å². The third-order valence-electron chi connectivity index (χ3n) is 6.23. The molecule has 0 unspecified atom stereocenters. The van der Waals surface area contributed by atoms with Crippen molar-refractivity contribution >= 4 is 16.6 Å². The second-order valence-corrected chi connectivity index (χ2v) is 8.25. The van der Waals surface area contributed by atoms with Crippen LogP contribution in [-0.2, 0) is 6.54 Å². The van der Waals surface area contributed by atoms with Crippen LogP contribution in [0.25, 0.3) is 33.3 Å². The molecule has 5 heteroatoms. The summed E-state index contributed by atoms with van der Waals surface area (Å²) in [5.74, 6) is 0.687. The zero-order valence-electron chi connectivity index (χ0n) is 17.4. The van der Waals surface area contributed by atoms with E-state index >= 15 is 0 Å². The molecular formula is C26H25N5. The van der Waals surface area contributed by atoms with E-state index in [4.69, 9.17) is 10.7 Å². The van der Waals surface area contributed by atoms with E-state index in [2.05, 4.69) is 28.2 Å². The van der Waals surface area contributed by atoms with E-state index in [9.17, 15) is 5.26 Å². The van der Waals surface area contributed by atoms with Crippen molar-refractivity contribution in [2.75, 3.05) is 18.8 Å². The van der Waals surface area contributed by atoms with E-state index < -0.39 is 0 Å². The zero-order valence-corrected chi connectivity index (χ0v) is 17.4. The number of aromatic nitrogens is 2. The van der Waals surface area contributed by atoms with Crippen molar-refractivity contribution in [3.05, 3.63) is 72.6 Å². The summed E-state index contributed by atoms with van der Waals surface area (Å²) in [6.07, 6.45) is 6.60. The maximum atomic E-state index is 9.21. The minimum absolute atomic E-state index is 0.654. The van der Waals surface area contributed by atoms with Crippen LogP contribution in [0.2, 0.25) is 0 Å². The van der Waals surface area contributed by atoms with Crippen molar-refractivity contribution in [1.82, 2.24) is 14.9 Å². The predicted octanol–water partition coefficient (Wildman–Crippen LogP) is 4.82. The third-order valence-corrected chi connectivity index (χ3v) is 6.23. The largest absolute Gasteiger partial charge is 0.399 e. The van der Waals surface area contributed by atoms with Crippen LogP contribution in [0, 0.1) is 17.2 Å². The molecule has 5 rings (SSSR count). The molecule has 0 spiro atoms. The monoisotopic (exact) mass is 407 g/mol. The number of hydrogen-bond donors (Lipinski definition) is 2. The number of benzene rings is 2. The molecule has 2 aromatic carbocycles. The molecule has 0 saturated carbocycles. The fraction of sp³-hybridized carbons (Fsp3) is 0.231. The predicted molar refractivity (Wildman–Crippen MR) is 125 cm³/mol. The lowest BCUT2D eigenvalue weighted by Gasteiger charge is -2.23. The Morgan fingerprint density at radius 3 is 2.42 bits per heavy atom. The second kappa shape index (κ2) is 8.25. The van der Waals surface area contributed by atoms with Crippen molar-refractivity contribution in [3.8, 4) is 28.5 Å². The highest BCUT2D eigenvalue weighted by molar-refractivity contribution is 6.01. The summed E-state index contributed by atoms with van der Waals surface area (Å²) in [5.41, 5.74) is 12.6. The highest BCUT2D eigenvalue weighted by Gasteiger charge is 2.18. The first-order valence-electron chi connectivity index (χ1n) is 10.8. The van der Waals surface area contributed by atoms with Crippen molar-refractivity contribution < 1.29 is 0 Å². The summed E-state index contributed by atoms with van der Waals surface area (Å²) in [6, 6.07) is 20.0. The van der Waals surface area contributed by atoms with E-state index in [-0.39, 0.29) is 0 Å². The number of fused-ring (bicyclic) bond motifs is 1. The highest BCUT2D eigenvalue weighted by Crippen LogP contribution is 2.37. The molecule has 1 fully saturated rings. The first kappa shape index (κ1) is 19.3. The summed E-state index contributed by atoms with van der Waals surface area (Å²) in [7, 11) is 0. The van der Waals surface area contributed by atoms with Crippen LogP contribution in [0.5, 0.6) is 0 Å². The molecule has 0 atom stereocenters. The van der Waals surface area contributed by atoms with Gasteiger partial charge in [-0.25, -0.2) is 0 Å². The fourth-order valence-electron chi connectivity index (χ4n) is 4.52. The van der Waals surface area contributed by atoms with Crippen LogP contribution in [0.3, 0.4) is 0 Å². The molecule has 5 nitrogen and oxygen atoms in total. The number of nitrogens with two attached hydrogens (primary N) is 1. The Balaban J connectivity index is 1.65. The van der Waals surface area contributed by atoms with Crippen LogP contribution >= 0.6 is 0 Å². The molecule has 3 heterocycles. The Morgan fingerprint density at radius 2 is 1.71 bits per heavy atom. The molecule has 1 aliphatic heterocycles. The second-order valence-electron chi connectivity index (χ2n) is 8.25. The van der Waals surface area contributed by atoms with E-state index in [1.54, 1.807) is 0 Å². The minimum Gasteiger partial charge on any atom is -0.399 e. The van der Waals surface area contributed by atoms with Gasteiger partial charge in [-0.3, -0.25) is 4.98 Å². The molecule has 3 N–H and O–H groups in total. The maximum Gasteiger partial charge on any atom is 0.0991 e. The topological polar surface area (TPSA) is 79.7 Å². The van der Waals surface area contributed by atoms with Gasteiger partial charge in [0.2, 0.25) is 0 Å². The van der Waals surface area contributed by atoms with Gasteiger partial charge in [0.25, 0.3) is 0 Å². The average molecular weight is 408 g/mol. The van der Waals surface area contributed by atoms with Crippen molar-refractivity contribution in [2.24, 2.45) is 5.92 Å². The quantitative estimate of drug-likeness (QED) is 0.475. The van der Waals surface area contributed by atoms with Gasteiger partial charge in [-0.05, 0) is 67.7 Å². The average Bonchev–Trinajstić information content (AvgIpc) is 3.22. The van der Waals surface area contributed by atoms with Crippen LogP contribution in [0.1, 0.15) is 18.4 Å². The molecule has 1 saturated heterocycles. The smallest absolute Gasteiger partial charge is 0.0991 e. The van der Waals surface area contributed by atoms with Gasteiger partial charge in [-0.1, -0.05) is 24.3 Å². The van der Waals surface area contributed by atoms with E-state index in [0.717, 1.165) is 53.2 Å². The number of nitriles is 1. The van der Waals surface area contributed by atoms with E-state index in [0.29, 0.717) is 11.5 Å². The van der Waals surface area contributed by atoms with Gasteiger partial charge in [0, 0.05) is 34.9 Å². The van der Waals surface area contributed by atoms with Crippen molar-refractivity contribution in [3.63, 3.8) is 0 Å². The van der Waals surface area contributed by atoms with Gasteiger partial charge < -0.3 is 15.6 Å². The van der Waals surface area contributed by atoms with Gasteiger partial charge in [-0.2, -0.15) is 5.26 Å². The summed E-state index contributed by atoms with van der Waals surface area (Å²) in [6.45, 7) is 3.21. The van der Waals surface area contributed by atoms with Gasteiger partial charge in [0.1, 0.15) is 0 Å². The molecule has 4 aromatic rings. The number of piperidine rings is 1. The van der Waals surface area contributed by atoms with Gasteiger partial charge in [0.15, 0.2) is 0 Å². The SMILES string of the molecule is N#Cc1ccc(-c2c(-c3ccc(N)cc3)ncc3c2ccn3CC2CCNCC2)cc1. The van der Waals surface area contributed by atoms with Crippen LogP contribution in [-0.4, -0.2) is 22.6 Å². The number of anilines is 1. The molecule has 2 aromatic heterocycles. The van der Waals surface area contributed by atoms with Gasteiger partial charge >= 0.3 is 0 Å². The Morgan fingerprint density at radius 1 is 1.00 bits per heavy atom. The first-order valence-corrected chi connectivity index (χ1v) is 10.8. The summed E-state index contributed by atoms with van der Waals surface area (Å²) in [4.78, 5) is 4.91. The third kappa shape index (κ3) is 3.78. The lowest BCUT2D eigenvalue weighted by atomic mass is 9.95. The van der Waals surface area contributed by atoms with Crippen LogP contribution in [0.4, 0.5) is 5.69 Å². The molecule has 0 amide bonds. The molecule has 0 bridgehead atoms. The van der Waals surface area contributed by atoms with Crippen LogP contribution in [0.15, 0.2) is 67.0 Å². The maximum absolute atomic E-state index is 9.21. The highest BCUT2D eigenvalue weighted by atomic mass is 15.0. The molecule has 0 radical (unpaired) electrons. The zero-order chi connectivity index (χ0) is 21.2. The lowest BCUT2D eigenvalue weighted by Crippen LogP contribution is -2.29. The number of nitrogens with zero attached hydrogens (tertiary/aromatic N) is 3. The van der Waals surface area contributed by atoms with E-state index in [1.165, 1.54) is 18.2 Å². The number of nitrogens with one attached hydrogen (secondary N) is 1. The standard InChI is InChI=1S/C26H25N5/c27-15-18-1-3-20(4-2-18)25-23-11-14-31(17-19-9-12-29-13-10-19)24(23)16-30-26(25)21-5-7-22(28)8-6-21/h1-8,11,14,16,19,29H,9-10,12-13,17,28H2. The number of nitrogen functional groups attached to an aromatic ring is 1. The Bertz CT molecular complexity index is 1240. The summed E-state index contributed by atoms with van der Waals surface area (Å²) < 4.78 is 2.35. The first-order chi connectivity index (χ1) is 15.2. The van der Waals surface area contributed by atoms with E-state index in [1.807, 2.05) is 54.7 Å². The molecule has 154 valence electrons. The number of pyridine rings is 1. The number of rotatable bonds is 4. The van der Waals surface area contributed by atoms with Crippen molar-refractivity contribution in [2.45, 2.75) is 19.4 Å². The fourth-order valence-corrected chi connectivity index (χ4v) is 4.52. The Hall–Kier alpha value is -3.62. The minimum atomic E-state index is 0.654. The summed E-state index contributed by atoms with van der Waals surface area (Å²) in [5, 5.41) is 13.8. The Labute approximate surface area is 182 Å².